The average Bonchev–Trinajstić information content (AvgIpc) is 2.32. The van der Waals surface area contributed by atoms with Crippen LogP contribution in [0.15, 0.2) is 22.7 Å². The fraction of sp³-hybridized carbons (Fsp3) is 0.462. The molecule has 0 radical (unpaired) electrons. The van der Waals surface area contributed by atoms with Crippen molar-refractivity contribution in [2.24, 2.45) is 0 Å². The summed E-state index contributed by atoms with van der Waals surface area (Å²) < 4.78 is 13.5. The molecule has 1 amide bonds. The number of nitrogens with one attached hydrogen (secondary N) is 1. The molecular formula is C13H18BrFN2O. The molecule has 0 fully saturated rings. The van der Waals surface area contributed by atoms with Gasteiger partial charge in [0, 0.05) is 33.1 Å². The van der Waals surface area contributed by atoms with Crippen LogP contribution in [-0.4, -0.2) is 31.4 Å². The van der Waals surface area contributed by atoms with E-state index in [-0.39, 0.29) is 17.8 Å². The Bertz CT molecular complexity index is 423. The number of benzene rings is 1. The Hall–Kier alpha value is -0.940. The van der Waals surface area contributed by atoms with E-state index in [2.05, 4.69) is 21.2 Å². The maximum absolute atomic E-state index is 13.1. The highest BCUT2D eigenvalue weighted by atomic mass is 79.9. The van der Waals surface area contributed by atoms with Gasteiger partial charge in [0.15, 0.2) is 0 Å². The molecule has 0 spiro atoms. The highest BCUT2D eigenvalue weighted by Crippen LogP contribution is 2.21. The first-order valence-electron chi connectivity index (χ1n) is 5.80. The summed E-state index contributed by atoms with van der Waals surface area (Å²) in [5.74, 6) is -0.177. The molecule has 5 heteroatoms. The van der Waals surface area contributed by atoms with Crippen LogP contribution in [-0.2, 0) is 4.79 Å². The fourth-order valence-corrected chi connectivity index (χ4v) is 1.92. The van der Waals surface area contributed by atoms with Crippen LogP contribution in [0.4, 0.5) is 4.39 Å². The Balaban J connectivity index is 2.48. The van der Waals surface area contributed by atoms with Crippen molar-refractivity contribution in [2.45, 2.75) is 19.4 Å². The predicted octanol–water partition coefficient (Wildman–Crippen LogP) is 2.72. The molecule has 0 aromatic heterocycles. The lowest BCUT2D eigenvalue weighted by Gasteiger charge is -2.16. The number of amides is 1. The zero-order valence-electron chi connectivity index (χ0n) is 10.8. The molecule has 1 aromatic rings. The van der Waals surface area contributed by atoms with Crippen molar-refractivity contribution in [3.05, 3.63) is 34.1 Å². The number of halogens is 2. The second-order valence-electron chi connectivity index (χ2n) is 4.39. The Morgan fingerprint density at radius 1 is 1.50 bits per heavy atom. The number of carbonyl (C=O) groups excluding carboxylic acids is 1. The van der Waals surface area contributed by atoms with E-state index >= 15 is 0 Å². The van der Waals surface area contributed by atoms with Crippen molar-refractivity contribution in [1.29, 1.82) is 0 Å². The monoisotopic (exact) mass is 316 g/mol. The van der Waals surface area contributed by atoms with Crippen LogP contribution in [0.3, 0.4) is 0 Å². The van der Waals surface area contributed by atoms with Gasteiger partial charge in [-0.15, -0.1) is 0 Å². The average molecular weight is 317 g/mol. The summed E-state index contributed by atoms with van der Waals surface area (Å²) in [4.78, 5) is 13.0. The van der Waals surface area contributed by atoms with Gasteiger partial charge < -0.3 is 10.2 Å². The zero-order chi connectivity index (χ0) is 13.7. The van der Waals surface area contributed by atoms with Gasteiger partial charge in [0.25, 0.3) is 0 Å². The normalized spacial score (nSPS) is 12.3. The third-order valence-corrected chi connectivity index (χ3v) is 3.34. The molecule has 0 aliphatic rings. The van der Waals surface area contributed by atoms with E-state index in [1.165, 1.54) is 6.07 Å². The number of hydrogen-bond donors (Lipinski definition) is 1. The molecule has 1 aromatic carbocycles. The topological polar surface area (TPSA) is 32.3 Å². The third-order valence-electron chi connectivity index (χ3n) is 2.73. The largest absolute Gasteiger partial charge is 0.349 e. The smallest absolute Gasteiger partial charge is 0.223 e. The first kappa shape index (κ1) is 15.1. The van der Waals surface area contributed by atoms with E-state index in [1.807, 2.05) is 6.92 Å². The molecule has 0 bridgehead atoms. The van der Waals surface area contributed by atoms with Gasteiger partial charge in [0.05, 0.1) is 4.47 Å². The Morgan fingerprint density at radius 3 is 2.72 bits per heavy atom. The molecule has 100 valence electrons. The minimum atomic E-state index is -0.270. The highest BCUT2D eigenvalue weighted by Gasteiger charge is 2.09. The molecule has 0 saturated heterocycles. The van der Waals surface area contributed by atoms with Gasteiger partial charge >= 0.3 is 0 Å². The molecule has 1 unspecified atom stereocenters. The van der Waals surface area contributed by atoms with E-state index in [1.54, 1.807) is 31.1 Å². The first-order valence-corrected chi connectivity index (χ1v) is 6.59. The number of nitrogens with zero attached hydrogens (tertiary/aromatic N) is 1. The Morgan fingerprint density at radius 2 is 2.17 bits per heavy atom. The molecule has 0 aliphatic carbocycles. The van der Waals surface area contributed by atoms with Crippen LogP contribution in [0.2, 0.25) is 0 Å². The lowest BCUT2D eigenvalue weighted by atomic mass is 10.1. The predicted molar refractivity (Wildman–Crippen MR) is 73.8 cm³/mol. The molecule has 0 aliphatic heterocycles. The van der Waals surface area contributed by atoms with E-state index in [0.29, 0.717) is 17.4 Å². The van der Waals surface area contributed by atoms with Crippen molar-refractivity contribution >= 4 is 21.8 Å². The van der Waals surface area contributed by atoms with Gasteiger partial charge in [-0.2, -0.15) is 0 Å². The van der Waals surface area contributed by atoms with E-state index in [9.17, 15) is 9.18 Å². The van der Waals surface area contributed by atoms with Crippen molar-refractivity contribution < 1.29 is 9.18 Å². The van der Waals surface area contributed by atoms with Crippen molar-refractivity contribution in [3.63, 3.8) is 0 Å². The molecule has 3 nitrogen and oxygen atoms in total. The van der Waals surface area contributed by atoms with Crippen molar-refractivity contribution in [1.82, 2.24) is 10.2 Å². The van der Waals surface area contributed by atoms with Crippen LogP contribution in [0, 0.1) is 5.82 Å². The van der Waals surface area contributed by atoms with Crippen LogP contribution in [0.25, 0.3) is 0 Å². The van der Waals surface area contributed by atoms with Gasteiger partial charge in [0.2, 0.25) is 5.91 Å². The molecular weight excluding hydrogens is 299 g/mol. The second kappa shape index (κ2) is 6.85. The fourth-order valence-electron chi connectivity index (χ4n) is 1.52. The van der Waals surface area contributed by atoms with Gasteiger partial charge in [0.1, 0.15) is 5.82 Å². The molecule has 1 atom stereocenters. The summed E-state index contributed by atoms with van der Waals surface area (Å²) in [6.45, 7) is 2.59. The van der Waals surface area contributed by atoms with Crippen LogP contribution in [0.1, 0.15) is 24.9 Å². The van der Waals surface area contributed by atoms with Crippen molar-refractivity contribution in [3.8, 4) is 0 Å². The molecule has 1 rings (SSSR count). The molecule has 18 heavy (non-hydrogen) atoms. The van der Waals surface area contributed by atoms with Gasteiger partial charge in [-0.25, -0.2) is 4.39 Å². The first-order chi connectivity index (χ1) is 8.41. The molecule has 0 heterocycles. The summed E-state index contributed by atoms with van der Waals surface area (Å²) in [6, 6.07) is 5.01. The van der Waals surface area contributed by atoms with Crippen molar-refractivity contribution in [2.75, 3.05) is 20.6 Å². The summed E-state index contributed by atoms with van der Waals surface area (Å²) in [5.41, 5.74) is 0.987. The van der Waals surface area contributed by atoms with Crippen LogP contribution in [0.5, 0.6) is 0 Å². The Labute approximate surface area is 115 Å². The SMILES string of the molecule is CC(NCCC(=O)N(C)C)c1ccc(F)c(Br)c1. The zero-order valence-corrected chi connectivity index (χ0v) is 12.4. The number of carbonyl (C=O) groups is 1. The maximum Gasteiger partial charge on any atom is 0.223 e. The van der Waals surface area contributed by atoms with E-state index in [0.717, 1.165) is 5.56 Å². The lowest BCUT2D eigenvalue weighted by Crippen LogP contribution is -2.28. The molecule has 1 N–H and O–H groups in total. The van der Waals surface area contributed by atoms with E-state index < -0.39 is 0 Å². The Kier molecular flexibility index (Phi) is 5.75. The van der Waals surface area contributed by atoms with Gasteiger partial charge in [-0.05, 0) is 40.5 Å². The van der Waals surface area contributed by atoms with Crippen LogP contribution >= 0.6 is 15.9 Å². The third kappa shape index (κ3) is 4.38. The quantitative estimate of drug-likeness (QED) is 0.906. The lowest BCUT2D eigenvalue weighted by molar-refractivity contribution is -0.128. The van der Waals surface area contributed by atoms with Gasteiger partial charge in [-0.3, -0.25) is 4.79 Å². The minimum absolute atomic E-state index is 0.0804. The minimum Gasteiger partial charge on any atom is -0.349 e. The highest BCUT2D eigenvalue weighted by molar-refractivity contribution is 9.10. The number of rotatable bonds is 5. The summed E-state index contributed by atoms with van der Waals surface area (Å²) in [6.07, 6.45) is 0.458. The second-order valence-corrected chi connectivity index (χ2v) is 5.24. The van der Waals surface area contributed by atoms with E-state index in [4.69, 9.17) is 0 Å². The summed E-state index contributed by atoms with van der Waals surface area (Å²) >= 11 is 3.16. The number of hydrogen-bond acceptors (Lipinski definition) is 2. The maximum atomic E-state index is 13.1. The summed E-state index contributed by atoms with van der Waals surface area (Å²) in [7, 11) is 3.48. The van der Waals surface area contributed by atoms with Gasteiger partial charge in [-0.1, -0.05) is 6.07 Å². The standard InChI is InChI=1S/C13H18BrFN2O/c1-9(16-7-6-13(18)17(2)3)10-4-5-12(15)11(14)8-10/h4-5,8-9,16H,6-7H2,1-3H3. The van der Waals surface area contributed by atoms with Crippen LogP contribution < -0.4 is 5.32 Å². The summed E-state index contributed by atoms with van der Waals surface area (Å²) in [5, 5.41) is 3.24. The molecule has 0 saturated carbocycles.